The number of hydrogen-bond donors (Lipinski definition) is 1. The van der Waals surface area contributed by atoms with Gasteiger partial charge in [0, 0.05) is 23.7 Å². The number of likely N-dealkylation sites (tertiary alicyclic amines) is 1. The molecule has 1 heterocycles. The molecule has 1 atom stereocenters. The van der Waals surface area contributed by atoms with Crippen LogP contribution in [-0.2, 0) is 0 Å². The van der Waals surface area contributed by atoms with Crippen molar-refractivity contribution in [1.82, 2.24) is 4.90 Å². The van der Waals surface area contributed by atoms with Crippen molar-refractivity contribution in [3.05, 3.63) is 34.9 Å². The van der Waals surface area contributed by atoms with Crippen LogP contribution in [0.5, 0.6) is 0 Å². The predicted octanol–water partition coefficient (Wildman–Crippen LogP) is 2.35. The number of nitrogens with zero attached hydrogens (tertiary/aromatic N) is 1. The maximum atomic E-state index is 12.7. The van der Waals surface area contributed by atoms with E-state index in [2.05, 4.69) is 18.8 Å². The van der Waals surface area contributed by atoms with Crippen LogP contribution < -0.4 is 0 Å². The van der Waals surface area contributed by atoms with E-state index in [0.29, 0.717) is 6.04 Å². The van der Waals surface area contributed by atoms with Crippen molar-refractivity contribution < 1.29 is 9.90 Å². The lowest BCUT2D eigenvalue weighted by Crippen LogP contribution is -2.42. The summed E-state index contributed by atoms with van der Waals surface area (Å²) >= 11 is 0. The summed E-state index contributed by atoms with van der Waals surface area (Å²) < 4.78 is 0. The summed E-state index contributed by atoms with van der Waals surface area (Å²) in [6.45, 7) is 4.71. The summed E-state index contributed by atoms with van der Waals surface area (Å²) in [6.07, 6.45) is 3.36. The van der Waals surface area contributed by atoms with Gasteiger partial charge in [0.05, 0.1) is 0 Å². The van der Waals surface area contributed by atoms with Crippen molar-refractivity contribution in [3.8, 4) is 11.8 Å². The quantitative estimate of drug-likeness (QED) is 0.797. The summed E-state index contributed by atoms with van der Waals surface area (Å²) in [5.74, 6) is 5.64. The van der Waals surface area contributed by atoms with Crippen molar-refractivity contribution in [2.24, 2.45) is 0 Å². The van der Waals surface area contributed by atoms with Crippen LogP contribution in [0.25, 0.3) is 0 Å². The van der Waals surface area contributed by atoms with Crippen LogP contribution in [0.4, 0.5) is 0 Å². The second kappa shape index (κ2) is 6.58. The van der Waals surface area contributed by atoms with E-state index in [1.165, 1.54) is 6.42 Å². The Morgan fingerprint density at radius 2 is 2.25 bits per heavy atom. The molecule has 0 spiro atoms. The first-order valence-corrected chi connectivity index (χ1v) is 7.15. The average molecular weight is 271 g/mol. The van der Waals surface area contributed by atoms with E-state index in [1.807, 2.05) is 30.0 Å². The third kappa shape index (κ3) is 3.02. The van der Waals surface area contributed by atoms with Gasteiger partial charge >= 0.3 is 0 Å². The van der Waals surface area contributed by atoms with E-state index < -0.39 is 0 Å². The van der Waals surface area contributed by atoms with Gasteiger partial charge in [-0.05, 0) is 50.8 Å². The number of carbonyl (C=O) groups excluding carboxylic acids is 1. The molecule has 1 aliphatic rings. The Balaban J connectivity index is 2.30. The Bertz CT molecular complexity index is 554. The molecule has 1 aromatic carbocycles. The minimum atomic E-state index is -0.166. The molecule has 0 aromatic heterocycles. The van der Waals surface area contributed by atoms with E-state index in [0.717, 1.165) is 36.1 Å². The largest absolute Gasteiger partial charge is 0.384 e. The Kier molecular flexibility index (Phi) is 4.81. The topological polar surface area (TPSA) is 40.5 Å². The number of carbonyl (C=O) groups is 1. The zero-order chi connectivity index (χ0) is 14.5. The minimum absolute atomic E-state index is 0.0994. The van der Waals surface area contributed by atoms with E-state index >= 15 is 0 Å². The first-order valence-electron chi connectivity index (χ1n) is 7.15. The molecule has 1 saturated heterocycles. The molecule has 0 radical (unpaired) electrons. The van der Waals surface area contributed by atoms with Gasteiger partial charge in [-0.3, -0.25) is 4.79 Å². The molecule has 1 aromatic rings. The third-order valence-corrected chi connectivity index (χ3v) is 3.93. The molecule has 1 fully saturated rings. The van der Waals surface area contributed by atoms with E-state index in [1.54, 1.807) is 0 Å². The van der Waals surface area contributed by atoms with Crippen LogP contribution in [0.1, 0.15) is 47.7 Å². The zero-order valence-corrected chi connectivity index (χ0v) is 12.1. The lowest BCUT2D eigenvalue weighted by Gasteiger charge is -2.33. The van der Waals surface area contributed by atoms with Crippen molar-refractivity contribution in [1.29, 1.82) is 0 Å². The van der Waals surface area contributed by atoms with Gasteiger partial charge in [0.1, 0.15) is 6.61 Å². The monoisotopic (exact) mass is 271 g/mol. The predicted molar refractivity (Wildman–Crippen MR) is 79.5 cm³/mol. The van der Waals surface area contributed by atoms with Gasteiger partial charge in [0.15, 0.2) is 0 Å². The molecule has 1 amide bonds. The Labute approximate surface area is 120 Å². The molecule has 0 saturated carbocycles. The fraction of sp³-hybridized carbons (Fsp3) is 0.471. The van der Waals surface area contributed by atoms with Gasteiger partial charge in [0.2, 0.25) is 0 Å². The number of amides is 1. The van der Waals surface area contributed by atoms with Crippen LogP contribution in [0, 0.1) is 18.8 Å². The summed E-state index contributed by atoms with van der Waals surface area (Å²) in [6, 6.07) is 5.91. The van der Waals surface area contributed by atoms with Gasteiger partial charge in [-0.1, -0.05) is 17.9 Å². The molecule has 0 aliphatic carbocycles. The minimum Gasteiger partial charge on any atom is -0.384 e. The highest BCUT2D eigenvalue weighted by atomic mass is 16.2. The zero-order valence-electron chi connectivity index (χ0n) is 12.1. The summed E-state index contributed by atoms with van der Waals surface area (Å²) in [7, 11) is 0. The first-order chi connectivity index (χ1) is 9.65. The summed E-state index contributed by atoms with van der Waals surface area (Å²) in [5, 5.41) is 8.79. The molecule has 3 nitrogen and oxygen atoms in total. The second-order valence-corrected chi connectivity index (χ2v) is 5.28. The lowest BCUT2D eigenvalue weighted by atomic mass is 9.98. The molecule has 2 rings (SSSR count). The van der Waals surface area contributed by atoms with Crippen LogP contribution in [0.2, 0.25) is 0 Å². The molecule has 0 bridgehead atoms. The Morgan fingerprint density at radius 1 is 1.45 bits per heavy atom. The molecule has 3 heteroatoms. The van der Waals surface area contributed by atoms with Crippen molar-refractivity contribution in [2.75, 3.05) is 13.2 Å². The van der Waals surface area contributed by atoms with Crippen LogP contribution in [-0.4, -0.2) is 35.1 Å². The average Bonchev–Trinajstić information content (AvgIpc) is 2.46. The molecular weight excluding hydrogens is 250 g/mol. The number of aliphatic hydroxyl groups is 1. The van der Waals surface area contributed by atoms with Gasteiger partial charge in [-0.15, -0.1) is 0 Å². The SMILES string of the molecule is Cc1c(C#CCO)cccc1C(=O)N1CCCCC1C. The van der Waals surface area contributed by atoms with Crippen molar-refractivity contribution in [2.45, 2.75) is 39.2 Å². The number of aliphatic hydroxyl groups excluding tert-OH is 1. The van der Waals surface area contributed by atoms with Gasteiger partial charge in [-0.2, -0.15) is 0 Å². The van der Waals surface area contributed by atoms with Crippen molar-refractivity contribution >= 4 is 5.91 Å². The molecule has 20 heavy (non-hydrogen) atoms. The Hall–Kier alpha value is -1.79. The van der Waals surface area contributed by atoms with E-state index in [4.69, 9.17) is 5.11 Å². The van der Waals surface area contributed by atoms with Crippen LogP contribution >= 0.6 is 0 Å². The normalized spacial score (nSPS) is 18.4. The second-order valence-electron chi connectivity index (χ2n) is 5.28. The standard InChI is InChI=1S/C17H21NO2/c1-13-7-3-4-11-18(13)17(20)16-10-5-8-15(14(16)2)9-6-12-19/h5,8,10,13,19H,3-4,7,11-12H2,1-2H3. The highest BCUT2D eigenvalue weighted by Gasteiger charge is 2.25. The Morgan fingerprint density at radius 3 is 2.95 bits per heavy atom. The van der Waals surface area contributed by atoms with Crippen molar-refractivity contribution in [3.63, 3.8) is 0 Å². The number of piperidine rings is 1. The number of benzene rings is 1. The van der Waals surface area contributed by atoms with Gasteiger partial charge < -0.3 is 10.0 Å². The highest BCUT2D eigenvalue weighted by Crippen LogP contribution is 2.21. The lowest BCUT2D eigenvalue weighted by molar-refractivity contribution is 0.0635. The maximum Gasteiger partial charge on any atom is 0.254 e. The third-order valence-electron chi connectivity index (χ3n) is 3.93. The van der Waals surface area contributed by atoms with Crippen LogP contribution in [0.15, 0.2) is 18.2 Å². The highest BCUT2D eigenvalue weighted by molar-refractivity contribution is 5.96. The van der Waals surface area contributed by atoms with Crippen LogP contribution in [0.3, 0.4) is 0 Å². The summed E-state index contributed by atoms with van der Waals surface area (Å²) in [5.41, 5.74) is 2.44. The fourth-order valence-electron chi connectivity index (χ4n) is 2.69. The summed E-state index contributed by atoms with van der Waals surface area (Å²) in [4.78, 5) is 14.7. The fourth-order valence-corrected chi connectivity index (χ4v) is 2.69. The molecule has 106 valence electrons. The van der Waals surface area contributed by atoms with E-state index in [9.17, 15) is 4.79 Å². The number of rotatable bonds is 1. The molecular formula is C17H21NO2. The first kappa shape index (κ1) is 14.6. The molecule has 1 N–H and O–H groups in total. The maximum absolute atomic E-state index is 12.7. The molecule has 1 aliphatic heterocycles. The smallest absolute Gasteiger partial charge is 0.254 e. The molecule has 1 unspecified atom stereocenters. The van der Waals surface area contributed by atoms with Gasteiger partial charge in [0.25, 0.3) is 5.91 Å². The number of hydrogen-bond acceptors (Lipinski definition) is 2. The van der Waals surface area contributed by atoms with Gasteiger partial charge in [-0.25, -0.2) is 0 Å². The van der Waals surface area contributed by atoms with E-state index in [-0.39, 0.29) is 12.5 Å².